The standard InChI is InChI=1S/C11H12N4O3/c1-17-6-5-13-10(16)11-14-9(15-18-11)8-3-2-4-12-7-8/h2-4,7H,5-6H2,1H3,(H,13,16). The maximum atomic E-state index is 11.6. The van der Waals surface area contributed by atoms with Crippen molar-refractivity contribution in [2.75, 3.05) is 20.3 Å². The Morgan fingerprint density at radius 1 is 1.56 bits per heavy atom. The Kier molecular flexibility index (Phi) is 3.98. The molecule has 2 heterocycles. The molecule has 0 saturated heterocycles. The molecule has 0 unspecified atom stereocenters. The van der Waals surface area contributed by atoms with Crippen molar-refractivity contribution in [2.24, 2.45) is 0 Å². The van der Waals surface area contributed by atoms with E-state index in [9.17, 15) is 4.79 Å². The molecule has 7 heteroatoms. The maximum Gasteiger partial charge on any atom is 0.316 e. The molecule has 2 aromatic heterocycles. The number of methoxy groups -OCH3 is 1. The Hall–Kier alpha value is -2.28. The van der Waals surface area contributed by atoms with Gasteiger partial charge in [0.15, 0.2) is 0 Å². The van der Waals surface area contributed by atoms with Crippen LogP contribution in [0.4, 0.5) is 0 Å². The fourth-order valence-corrected chi connectivity index (χ4v) is 1.27. The summed E-state index contributed by atoms with van der Waals surface area (Å²) in [5, 5.41) is 6.31. The van der Waals surface area contributed by atoms with Gasteiger partial charge >= 0.3 is 11.8 Å². The number of pyridine rings is 1. The average molecular weight is 248 g/mol. The highest BCUT2D eigenvalue weighted by molar-refractivity contribution is 5.89. The molecule has 2 aromatic rings. The third-order valence-corrected chi connectivity index (χ3v) is 2.13. The Bertz CT molecular complexity index is 512. The lowest BCUT2D eigenvalue weighted by molar-refractivity contribution is 0.0893. The molecule has 0 fully saturated rings. The fraction of sp³-hybridized carbons (Fsp3) is 0.273. The lowest BCUT2D eigenvalue weighted by atomic mass is 10.3. The van der Waals surface area contributed by atoms with E-state index >= 15 is 0 Å². The van der Waals surface area contributed by atoms with Gasteiger partial charge in [0.05, 0.1) is 6.61 Å². The second kappa shape index (κ2) is 5.87. The average Bonchev–Trinajstić information content (AvgIpc) is 2.89. The van der Waals surface area contributed by atoms with E-state index in [0.29, 0.717) is 24.5 Å². The molecule has 0 bridgehead atoms. The van der Waals surface area contributed by atoms with Crippen LogP contribution >= 0.6 is 0 Å². The van der Waals surface area contributed by atoms with Gasteiger partial charge in [-0.05, 0) is 12.1 Å². The molecule has 7 nitrogen and oxygen atoms in total. The first-order chi connectivity index (χ1) is 8.81. The number of nitrogens with zero attached hydrogens (tertiary/aromatic N) is 3. The maximum absolute atomic E-state index is 11.6. The van der Waals surface area contributed by atoms with E-state index in [4.69, 9.17) is 9.26 Å². The summed E-state index contributed by atoms with van der Waals surface area (Å²) in [7, 11) is 1.55. The minimum atomic E-state index is -0.422. The van der Waals surface area contributed by atoms with Gasteiger partial charge in [-0.25, -0.2) is 0 Å². The van der Waals surface area contributed by atoms with Gasteiger partial charge in [-0.15, -0.1) is 0 Å². The van der Waals surface area contributed by atoms with Gasteiger partial charge in [-0.1, -0.05) is 5.16 Å². The number of aromatic nitrogens is 3. The van der Waals surface area contributed by atoms with Gasteiger partial charge in [0.2, 0.25) is 5.82 Å². The van der Waals surface area contributed by atoms with Crippen LogP contribution in [0.25, 0.3) is 11.4 Å². The molecule has 1 amide bonds. The van der Waals surface area contributed by atoms with Gasteiger partial charge in [-0.3, -0.25) is 9.78 Å². The topological polar surface area (TPSA) is 90.1 Å². The zero-order valence-corrected chi connectivity index (χ0v) is 9.79. The Labute approximate surface area is 103 Å². The minimum Gasteiger partial charge on any atom is -0.383 e. The van der Waals surface area contributed by atoms with Crippen molar-refractivity contribution >= 4 is 5.91 Å². The molecule has 0 aliphatic carbocycles. The van der Waals surface area contributed by atoms with Crippen molar-refractivity contribution in [3.63, 3.8) is 0 Å². The third kappa shape index (κ3) is 2.89. The van der Waals surface area contributed by atoms with Crippen molar-refractivity contribution in [3.05, 3.63) is 30.4 Å². The van der Waals surface area contributed by atoms with Crippen LogP contribution in [0.15, 0.2) is 29.0 Å². The summed E-state index contributed by atoms with van der Waals surface area (Å²) in [6.07, 6.45) is 3.24. The zero-order valence-electron chi connectivity index (χ0n) is 9.79. The van der Waals surface area contributed by atoms with Crippen LogP contribution in [0.3, 0.4) is 0 Å². The van der Waals surface area contributed by atoms with E-state index in [0.717, 1.165) is 0 Å². The van der Waals surface area contributed by atoms with Crippen LogP contribution in [-0.4, -0.2) is 41.3 Å². The molecular formula is C11H12N4O3. The second-order valence-electron chi connectivity index (χ2n) is 3.41. The normalized spacial score (nSPS) is 10.3. The first kappa shape index (κ1) is 12.2. The number of hydrogen-bond acceptors (Lipinski definition) is 6. The summed E-state index contributed by atoms with van der Waals surface area (Å²) in [5.74, 6) is -0.167. The van der Waals surface area contributed by atoms with Crippen molar-refractivity contribution in [3.8, 4) is 11.4 Å². The monoisotopic (exact) mass is 248 g/mol. The summed E-state index contributed by atoms with van der Waals surface area (Å²) < 4.78 is 9.68. The van der Waals surface area contributed by atoms with Crippen molar-refractivity contribution in [2.45, 2.75) is 0 Å². The van der Waals surface area contributed by atoms with Gasteiger partial charge in [0.25, 0.3) is 0 Å². The van der Waals surface area contributed by atoms with E-state index < -0.39 is 5.91 Å². The smallest absolute Gasteiger partial charge is 0.316 e. The van der Waals surface area contributed by atoms with Crippen LogP contribution < -0.4 is 5.32 Å². The SMILES string of the molecule is COCCNC(=O)c1nc(-c2cccnc2)no1. The van der Waals surface area contributed by atoms with Crippen molar-refractivity contribution < 1.29 is 14.1 Å². The number of carbonyl (C=O) groups is 1. The van der Waals surface area contributed by atoms with E-state index in [1.54, 1.807) is 31.6 Å². The third-order valence-electron chi connectivity index (χ3n) is 2.13. The van der Waals surface area contributed by atoms with Crippen molar-refractivity contribution in [1.82, 2.24) is 20.4 Å². The van der Waals surface area contributed by atoms with Crippen LogP contribution in [0, 0.1) is 0 Å². The van der Waals surface area contributed by atoms with Crippen LogP contribution in [0.5, 0.6) is 0 Å². The predicted molar refractivity (Wildman–Crippen MR) is 61.7 cm³/mol. The molecule has 0 spiro atoms. The molecule has 94 valence electrons. The zero-order chi connectivity index (χ0) is 12.8. The van der Waals surface area contributed by atoms with Gasteiger partial charge in [0.1, 0.15) is 0 Å². The van der Waals surface area contributed by atoms with E-state index in [-0.39, 0.29) is 5.89 Å². The molecule has 0 aromatic carbocycles. The van der Waals surface area contributed by atoms with Crippen LogP contribution in [0.2, 0.25) is 0 Å². The van der Waals surface area contributed by atoms with E-state index in [1.165, 1.54) is 0 Å². The van der Waals surface area contributed by atoms with Gasteiger partial charge in [-0.2, -0.15) is 4.98 Å². The summed E-state index contributed by atoms with van der Waals surface area (Å²) >= 11 is 0. The molecule has 0 aliphatic rings. The highest BCUT2D eigenvalue weighted by Crippen LogP contribution is 2.13. The van der Waals surface area contributed by atoms with Gasteiger partial charge < -0.3 is 14.6 Å². The van der Waals surface area contributed by atoms with E-state index in [1.807, 2.05) is 0 Å². The fourth-order valence-electron chi connectivity index (χ4n) is 1.27. The second-order valence-corrected chi connectivity index (χ2v) is 3.41. The molecule has 1 N–H and O–H groups in total. The van der Waals surface area contributed by atoms with E-state index in [2.05, 4.69) is 20.4 Å². The highest BCUT2D eigenvalue weighted by atomic mass is 16.5. The van der Waals surface area contributed by atoms with Crippen LogP contribution in [-0.2, 0) is 4.74 Å². The summed E-state index contributed by atoms with van der Waals surface area (Å²) in [6, 6.07) is 3.54. The number of nitrogens with one attached hydrogen (secondary N) is 1. The molecular weight excluding hydrogens is 236 g/mol. The molecule has 2 rings (SSSR count). The summed E-state index contributed by atoms with van der Waals surface area (Å²) in [4.78, 5) is 19.5. The van der Waals surface area contributed by atoms with Crippen molar-refractivity contribution in [1.29, 1.82) is 0 Å². The molecule has 0 aliphatic heterocycles. The predicted octanol–water partition coefficient (Wildman–Crippen LogP) is 0.508. The number of amides is 1. The number of carbonyl (C=O) groups excluding carboxylic acids is 1. The highest BCUT2D eigenvalue weighted by Gasteiger charge is 2.15. The summed E-state index contributed by atoms with van der Waals surface area (Å²) in [6.45, 7) is 0.815. The lowest BCUT2D eigenvalue weighted by Gasteiger charge is -1.99. The Morgan fingerprint density at radius 3 is 3.17 bits per heavy atom. The minimum absolute atomic E-state index is 0.0787. The number of ether oxygens (including phenoxy) is 1. The first-order valence-corrected chi connectivity index (χ1v) is 5.32. The first-order valence-electron chi connectivity index (χ1n) is 5.32. The number of rotatable bonds is 5. The lowest BCUT2D eigenvalue weighted by Crippen LogP contribution is -2.27. The molecule has 0 saturated carbocycles. The Morgan fingerprint density at radius 2 is 2.44 bits per heavy atom. The molecule has 18 heavy (non-hydrogen) atoms. The quantitative estimate of drug-likeness (QED) is 0.775. The van der Waals surface area contributed by atoms with Gasteiger partial charge in [0, 0.05) is 31.6 Å². The largest absolute Gasteiger partial charge is 0.383 e. The Balaban J connectivity index is 2.04. The number of hydrogen-bond donors (Lipinski definition) is 1. The molecule has 0 atom stereocenters. The summed E-state index contributed by atoms with van der Waals surface area (Å²) in [5.41, 5.74) is 0.692. The van der Waals surface area contributed by atoms with Crippen LogP contribution in [0.1, 0.15) is 10.7 Å². The molecule has 0 radical (unpaired) electrons.